The lowest BCUT2D eigenvalue weighted by Gasteiger charge is -2.22. The number of halogens is 2. The molecule has 0 spiro atoms. The fourth-order valence-corrected chi connectivity index (χ4v) is 1.92. The van der Waals surface area contributed by atoms with Crippen LogP contribution in [-0.2, 0) is 9.53 Å². The molecule has 1 saturated heterocycles. The third kappa shape index (κ3) is 3.24. The van der Waals surface area contributed by atoms with Crippen LogP contribution in [0.25, 0.3) is 0 Å². The number of carbonyl (C=O) groups is 1. The van der Waals surface area contributed by atoms with Crippen LogP contribution in [0.15, 0.2) is 22.7 Å². The van der Waals surface area contributed by atoms with E-state index < -0.39 is 0 Å². The summed E-state index contributed by atoms with van der Waals surface area (Å²) in [5, 5.41) is 5.74. The molecule has 1 aliphatic heterocycles. The molecule has 1 atom stereocenters. The molecule has 0 saturated carbocycles. The summed E-state index contributed by atoms with van der Waals surface area (Å²) in [6.07, 6.45) is 0. The number of nitrogens with one attached hydrogen (secondary N) is 2. The average Bonchev–Trinajstić information content (AvgIpc) is 2.35. The maximum absolute atomic E-state index is 13.0. The third-order valence-electron chi connectivity index (χ3n) is 2.43. The second kappa shape index (κ2) is 5.57. The molecule has 0 radical (unpaired) electrons. The van der Waals surface area contributed by atoms with E-state index in [1.54, 1.807) is 0 Å². The first-order valence-corrected chi connectivity index (χ1v) is 6.03. The molecular formula is C11H12BrFN2O2. The molecule has 0 aromatic heterocycles. The predicted octanol–water partition coefficient (Wildman–Crippen LogP) is 1.52. The Bertz CT molecular complexity index is 422. The quantitative estimate of drug-likeness (QED) is 0.871. The van der Waals surface area contributed by atoms with Gasteiger partial charge in [0.2, 0.25) is 5.91 Å². The van der Waals surface area contributed by atoms with Gasteiger partial charge in [-0.05, 0) is 34.1 Å². The number of morpholine rings is 1. The maximum Gasteiger partial charge on any atom is 0.243 e. The summed E-state index contributed by atoms with van der Waals surface area (Å²) in [7, 11) is 0. The van der Waals surface area contributed by atoms with Gasteiger partial charge in [-0.15, -0.1) is 0 Å². The largest absolute Gasteiger partial charge is 0.378 e. The molecule has 4 nitrogen and oxygen atoms in total. The molecule has 1 amide bonds. The SMILES string of the molecule is O=C(Nc1ccc(F)c(Br)c1)C1COCCN1. The molecule has 1 heterocycles. The third-order valence-corrected chi connectivity index (χ3v) is 3.03. The highest BCUT2D eigenvalue weighted by atomic mass is 79.9. The van der Waals surface area contributed by atoms with E-state index >= 15 is 0 Å². The van der Waals surface area contributed by atoms with Crippen LogP contribution in [0.1, 0.15) is 0 Å². The number of rotatable bonds is 2. The molecule has 1 aromatic rings. The van der Waals surface area contributed by atoms with Gasteiger partial charge in [0.05, 0.1) is 17.7 Å². The molecular weight excluding hydrogens is 291 g/mol. The van der Waals surface area contributed by atoms with Crippen LogP contribution in [0.5, 0.6) is 0 Å². The van der Waals surface area contributed by atoms with Gasteiger partial charge in [-0.3, -0.25) is 4.79 Å². The van der Waals surface area contributed by atoms with Crippen LogP contribution in [0.2, 0.25) is 0 Å². The Morgan fingerprint density at radius 3 is 3.06 bits per heavy atom. The minimum atomic E-state index is -0.359. The van der Waals surface area contributed by atoms with Crippen molar-refractivity contribution < 1.29 is 13.9 Å². The molecule has 6 heteroatoms. The molecule has 1 aromatic carbocycles. The van der Waals surface area contributed by atoms with Crippen LogP contribution in [0.3, 0.4) is 0 Å². The lowest BCUT2D eigenvalue weighted by Crippen LogP contribution is -2.48. The first kappa shape index (κ1) is 12.5. The summed E-state index contributed by atoms with van der Waals surface area (Å²) in [5.74, 6) is -0.537. The zero-order valence-corrected chi connectivity index (χ0v) is 10.6. The fourth-order valence-electron chi connectivity index (χ4n) is 1.54. The zero-order chi connectivity index (χ0) is 12.3. The Kier molecular flexibility index (Phi) is 4.09. The molecule has 0 aliphatic carbocycles. The maximum atomic E-state index is 13.0. The molecule has 17 heavy (non-hydrogen) atoms. The lowest BCUT2D eigenvalue weighted by molar-refractivity contribution is -0.120. The standard InChI is InChI=1S/C11H12BrFN2O2/c12-8-5-7(1-2-9(8)13)15-11(16)10-6-17-4-3-14-10/h1-2,5,10,14H,3-4,6H2,(H,15,16). The molecule has 1 fully saturated rings. The number of anilines is 1. The highest BCUT2D eigenvalue weighted by Gasteiger charge is 2.21. The number of hydrogen-bond acceptors (Lipinski definition) is 3. The van der Waals surface area contributed by atoms with Gasteiger partial charge >= 0.3 is 0 Å². The summed E-state index contributed by atoms with van der Waals surface area (Å²) in [6.45, 7) is 1.63. The van der Waals surface area contributed by atoms with Crippen molar-refractivity contribution in [2.75, 3.05) is 25.1 Å². The second-order valence-electron chi connectivity index (χ2n) is 3.70. The Morgan fingerprint density at radius 1 is 1.59 bits per heavy atom. The van der Waals surface area contributed by atoms with Crippen molar-refractivity contribution in [1.29, 1.82) is 0 Å². The topological polar surface area (TPSA) is 50.4 Å². The Hall–Kier alpha value is -0.980. The predicted molar refractivity (Wildman–Crippen MR) is 65.3 cm³/mol. The molecule has 1 aliphatic rings. The number of benzene rings is 1. The first-order chi connectivity index (χ1) is 8.16. The number of amides is 1. The first-order valence-electron chi connectivity index (χ1n) is 5.24. The van der Waals surface area contributed by atoms with Gasteiger partial charge in [-0.1, -0.05) is 0 Å². The van der Waals surface area contributed by atoms with Gasteiger partial charge in [0.25, 0.3) is 0 Å². The summed E-state index contributed by atoms with van der Waals surface area (Å²) in [6, 6.07) is 3.98. The number of ether oxygens (including phenoxy) is 1. The Morgan fingerprint density at radius 2 is 2.41 bits per heavy atom. The average molecular weight is 303 g/mol. The highest BCUT2D eigenvalue weighted by molar-refractivity contribution is 9.10. The van der Waals surface area contributed by atoms with E-state index in [4.69, 9.17) is 4.74 Å². The van der Waals surface area contributed by atoms with Crippen molar-refractivity contribution in [2.45, 2.75) is 6.04 Å². The number of hydrogen-bond donors (Lipinski definition) is 2. The Labute approximate surface area is 107 Å². The summed E-state index contributed by atoms with van der Waals surface area (Å²) < 4.78 is 18.5. The molecule has 0 bridgehead atoms. The fraction of sp³-hybridized carbons (Fsp3) is 0.364. The summed E-state index contributed by atoms with van der Waals surface area (Å²) in [4.78, 5) is 11.8. The normalized spacial score (nSPS) is 20.0. The van der Waals surface area contributed by atoms with E-state index in [0.717, 1.165) is 0 Å². The van der Waals surface area contributed by atoms with Crippen LogP contribution in [-0.4, -0.2) is 31.7 Å². The molecule has 2 N–H and O–H groups in total. The van der Waals surface area contributed by atoms with Gasteiger partial charge < -0.3 is 15.4 Å². The van der Waals surface area contributed by atoms with Crippen molar-refractivity contribution in [3.63, 3.8) is 0 Å². The van der Waals surface area contributed by atoms with Gasteiger partial charge in [-0.25, -0.2) is 4.39 Å². The van der Waals surface area contributed by atoms with Crippen LogP contribution in [0.4, 0.5) is 10.1 Å². The monoisotopic (exact) mass is 302 g/mol. The van der Waals surface area contributed by atoms with Crippen molar-refractivity contribution in [2.24, 2.45) is 0 Å². The van der Waals surface area contributed by atoms with Gasteiger partial charge in [-0.2, -0.15) is 0 Å². The summed E-state index contributed by atoms with van der Waals surface area (Å²) >= 11 is 3.07. The van der Waals surface area contributed by atoms with E-state index in [1.165, 1.54) is 18.2 Å². The highest BCUT2D eigenvalue weighted by Crippen LogP contribution is 2.20. The second-order valence-corrected chi connectivity index (χ2v) is 4.55. The van der Waals surface area contributed by atoms with Crippen molar-refractivity contribution >= 4 is 27.5 Å². The van der Waals surface area contributed by atoms with E-state index in [1.807, 2.05) is 0 Å². The van der Waals surface area contributed by atoms with E-state index in [9.17, 15) is 9.18 Å². The van der Waals surface area contributed by atoms with E-state index in [0.29, 0.717) is 29.9 Å². The summed E-state index contributed by atoms with van der Waals surface area (Å²) in [5.41, 5.74) is 0.552. The van der Waals surface area contributed by atoms with Gasteiger partial charge in [0.1, 0.15) is 11.9 Å². The van der Waals surface area contributed by atoms with E-state index in [2.05, 4.69) is 26.6 Å². The van der Waals surface area contributed by atoms with Crippen LogP contribution >= 0.6 is 15.9 Å². The minimum absolute atomic E-state index is 0.178. The van der Waals surface area contributed by atoms with Crippen molar-refractivity contribution in [1.82, 2.24) is 5.32 Å². The zero-order valence-electron chi connectivity index (χ0n) is 9.00. The van der Waals surface area contributed by atoms with Gasteiger partial charge in [0.15, 0.2) is 0 Å². The lowest BCUT2D eigenvalue weighted by atomic mass is 10.2. The van der Waals surface area contributed by atoms with Crippen molar-refractivity contribution in [3.05, 3.63) is 28.5 Å². The molecule has 92 valence electrons. The van der Waals surface area contributed by atoms with Gasteiger partial charge in [0, 0.05) is 12.2 Å². The van der Waals surface area contributed by atoms with Crippen LogP contribution in [0, 0.1) is 5.82 Å². The van der Waals surface area contributed by atoms with Crippen LogP contribution < -0.4 is 10.6 Å². The van der Waals surface area contributed by atoms with Crippen molar-refractivity contribution in [3.8, 4) is 0 Å². The minimum Gasteiger partial charge on any atom is -0.378 e. The molecule has 1 unspecified atom stereocenters. The van der Waals surface area contributed by atoms with E-state index in [-0.39, 0.29) is 17.8 Å². The smallest absolute Gasteiger partial charge is 0.243 e. The Balaban J connectivity index is 1.99. The molecule has 2 rings (SSSR count). The number of carbonyl (C=O) groups excluding carboxylic acids is 1.